The molecule has 0 bridgehead atoms. The average Bonchev–Trinajstić information content (AvgIpc) is 2.67. The predicted molar refractivity (Wildman–Crippen MR) is 90.1 cm³/mol. The third-order valence-corrected chi connectivity index (χ3v) is 3.66. The van der Waals surface area contributed by atoms with Crippen LogP contribution in [-0.4, -0.2) is 27.4 Å². The molecule has 0 aliphatic carbocycles. The van der Waals surface area contributed by atoms with Crippen LogP contribution in [0.2, 0.25) is 0 Å². The number of nitrogens with two attached hydrogens (primary N) is 1. The summed E-state index contributed by atoms with van der Waals surface area (Å²) in [4.78, 5) is 15.8. The molecule has 0 spiro atoms. The Morgan fingerprint density at radius 3 is 2.52 bits per heavy atom. The second-order valence-electron chi connectivity index (χ2n) is 8.44. The molecule has 2 heterocycles. The van der Waals surface area contributed by atoms with E-state index < -0.39 is 0 Å². The molecule has 1 saturated heterocycles. The van der Waals surface area contributed by atoms with Crippen LogP contribution in [0.25, 0.3) is 0 Å². The Morgan fingerprint density at radius 2 is 2.00 bits per heavy atom. The monoisotopic (exact) mass is 323 g/mol. The highest BCUT2D eigenvalue weighted by Gasteiger charge is 2.41. The van der Waals surface area contributed by atoms with E-state index in [1.54, 1.807) is 12.3 Å². The van der Waals surface area contributed by atoms with Crippen LogP contribution in [0.3, 0.4) is 0 Å². The molecule has 1 aliphatic rings. The Kier molecular flexibility index (Phi) is 4.87. The van der Waals surface area contributed by atoms with Crippen LogP contribution >= 0.6 is 0 Å². The first-order valence-electron chi connectivity index (χ1n) is 8.12. The zero-order valence-electron chi connectivity index (χ0n) is 15.0. The summed E-state index contributed by atoms with van der Waals surface area (Å²) in [7, 11) is 0. The number of nitrogen functional groups attached to an aromatic ring is 1. The quantitative estimate of drug-likeness (QED) is 0.925. The van der Waals surface area contributed by atoms with Crippen LogP contribution < -0.4 is 11.4 Å². The van der Waals surface area contributed by atoms with E-state index in [-0.39, 0.29) is 41.0 Å². The maximum atomic E-state index is 12.1. The number of aromatic nitrogens is 2. The minimum absolute atomic E-state index is 0.0521. The van der Waals surface area contributed by atoms with Crippen molar-refractivity contribution in [2.75, 3.05) is 5.73 Å². The number of hydrogen-bond acceptors (Lipinski definition) is 5. The lowest BCUT2D eigenvalue weighted by Gasteiger charge is -2.31. The normalized spacial score (nSPS) is 25.7. The topological polar surface area (TPSA) is 79.4 Å². The molecule has 3 atom stereocenters. The number of anilines is 1. The number of ether oxygens (including phenoxy) is 2. The van der Waals surface area contributed by atoms with Gasteiger partial charge in [-0.1, -0.05) is 20.8 Å². The Bertz CT molecular complexity index is 574. The zero-order valence-corrected chi connectivity index (χ0v) is 15.0. The largest absolute Gasteiger partial charge is 0.383 e. The predicted octanol–water partition coefficient (Wildman–Crippen LogP) is 2.73. The highest BCUT2D eigenvalue weighted by molar-refractivity contribution is 5.23. The SMILES string of the molecule is CC(C)(C)C[C@H]1O[C@@H](n2ccc(N)nc2=O)CC1OC(C)(C)C. The Balaban J connectivity index is 2.23. The van der Waals surface area contributed by atoms with Gasteiger partial charge in [0.1, 0.15) is 12.0 Å². The van der Waals surface area contributed by atoms with E-state index in [2.05, 4.69) is 25.8 Å². The van der Waals surface area contributed by atoms with E-state index in [0.717, 1.165) is 6.42 Å². The molecule has 1 unspecified atom stereocenters. The summed E-state index contributed by atoms with van der Waals surface area (Å²) in [6, 6.07) is 1.61. The minimum atomic E-state index is -0.388. The number of rotatable bonds is 3. The summed E-state index contributed by atoms with van der Waals surface area (Å²) in [6.07, 6.45) is 2.66. The summed E-state index contributed by atoms with van der Waals surface area (Å²) in [5.41, 5.74) is 5.02. The smallest absolute Gasteiger partial charge is 0.351 e. The maximum absolute atomic E-state index is 12.1. The van der Waals surface area contributed by atoms with Crippen LogP contribution in [0.15, 0.2) is 17.1 Å². The lowest BCUT2D eigenvalue weighted by atomic mass is 9.87. The van der Waals surface area contributed by atoms with E-state index in [1.165, 1.54) is 4.57 Å². The molecule has 2 rings (SSSR count). The average molecular weight is 323 g/mol. The van der Waals surface area contributed by atoms with Crippen LogP contribution in [0, 0.1) is 5.41 Å². The van der Waals surface area contributed by atoms with E-state index >= 15 is 0 Å². The second kappa shape index (κ2) is 6.24. The standard InChI is InChI=1S/C17H29N3O3/c1-16(2,3)10-12-11(23-17(4,5)6)9-14(22-12)20-8-7-13(18)19-15(20)21/h7-8,11-12,14H,9-10H2,1-6H3,(H2,18,19,21)/t11?,12-,14-/m1/s1. The van der Waals surface area contributed by atoms with Gasteiger partial charge in [0.25, 0.3) is 0 Å². The van der Waals surface area contributed by atoms with Gasteiger partial charge in [0.15, 0.2) is 0 Å². The lowest BCUT2D eigenvalue weighted by Crippen LogP contribution is -2.35. The lowest BCUT2D eigenvalue weighted by molar-refractivity contribution is -0.102. The van der Waals surface area contributed by atoms with Gasteiger partial charge >= 0.3 is 5.69 Å². The van der Waals surface area contributed by atoms with Crippen molar-refractivity contribution in [3.05, 3.63) is 22.7 Å². The molecule has 1 fully saturated rings. The molecule has 0 amide bonds. The Hall–Kier alpha value is -1.40. The second-order valence-corrected chi connectivity index (χ2v) is 8.44. The van der Waals surface area contributed by atoms with E-state index in [4.69, 9.17) is 15.2 Å². The van der Waals surface area contributed by atoms with Gasteiger partial charge in [-0.15, -0.1) is 0 Å². The van der Waals surface area contributed by atoms with Crippen molar-refractivity contribution in [2.45, 2.75) is 78.4 Å². The fourth-order valence-corrected chi connectivity index (χ4v) is 2.88. The van der Waals surface area contributed by atoms with Crippen molar-refractivity contribution >= 4 is 5.82 Å². The van der Waals surface area contributed by atoms with Crippen LogP contribution in [0.4, 0.5) is 5.82 Å². The molecule has 0 saturated carbocycles. The molecule has 1 aromatic heterocycles. The molecule has 2 N–H and O–H groups in total. The van der Waals surface area contributed by atoms with Gasteiger partial charge in [0, 0.05) is 12.6 Å². The summed E-state index contributed by atoms with van der Waals surface area (Å²) in [5.74, 6) is 0.220. The van der Waals surface area contributed by atoms with Gasteiger partial charge in [-0.2, -0.15) is 4.98 Å². The number of nitrogens with zero attached hydrogens (tertiary/aromatic N) is 2. The highest BCUT2D eigenvalue weighted by Crippen LogP contribution is 2.37. The fourth-order valence-electron chi connectivity index (χ4n) is 2.88. The van der Waals surface area contributed by atoms with Crippen molar-refractivity contribution < 1.29 is 9.47 Å². The highest BCUT2D eigenvalue weighted by atomic mass is 16.6. The zero-order chi connectivity index (χ0) is 17.4. The van der Waals surface area contributed by atoms with E-state index in [9.17, 15) is 4.79 Å². The van der Waals surface area contributed by atoms with Gasteiger partial charge in [0.2, 0.25) is 0 Å². The molecule has 1 aliphatic heterocycles. The Morgan fingerprint density at radius 1 is 1.35 bits per heavy atom. The summed E-state index contributed by atoms with van der Waals surface area (Å²) >= 11 is 0. The van der Waals surface area contributed by atoms with Gasteiger partial charge in [0.05, 0.1) is 17.8 Å². The van der Waals surface area contributed by atoms with E-state index in [0.29, 0.717) is 6.42 Å². The van der Waals surface area contributed by atoms with Gasteiger partial charge < -0.3 is 15.2 Å². The molecule has 6 nitrogen and oxygen atoms in total. The maximum Gasteiger partial charge on any atom is 0.351 e. The summed E-state index contributed by atoms with van der Waals surface area (Å²) < 4.78 is 13.8. The van der Waals surface area contributed by atoms with Gasteiger partial charge in [-0.25, -0.2) is 4.79 Å². The molecule has 6 heteroatoms. The first-order chi connectivity index (χ1) is 10.4. The molecule has 0 radical (unpaired) electrons. The van der Waals surface area contributed by atoms with Crippen molar-refractivity contribution in [2.24, 2.45) is 5.41 Å². The molecule has 130 valence electrons. The van der Waals surface area contributed by atoms with Crippen LogP contribution in [-0.2, 0) is 9.47 Å². The van der Waals surface area contributed by atoms with Gasteiger partial charge in [-0.3, -0.25) is 4.57 Å². The third kappa shape index (κ3) is 5.04. The van der Waals surface area contributed by atoms with Crippen molar-refractivity contribution in [3.8, 4) is 0 Å². The minimum Gasteiger partial charge on any atom is -0.383 e. The fraction of sp³-hybridized carbons (Fsp3) is 0.765. The van der Waals surface area contributed by atoms with Gasteiger partial charge in [-0.05, 0) is 38.7 Å². The number of hydrogen-bond donors (Lipinski definition) is 1. The summed E-state index contributed by atoms with van der Waals surface area (Å²) in [5, 5.41) is 0. The van der Waals surface area contributed by atoms with Crippen molar-refractivity contribution in [3.63, 3.8) is 0 Å². The molecule has 0 aromatic carbocycles. The van der Waals surface area contributed by atoms with Crippen LogP contribution in [0.5, 0.6) is 0 Å². The first-order valence-corrected chi connectivity index (χ1v) is 8.12. The van der Waals surface area contributed by atoms with Crippen molar-refractivity contribution in [1.29, 1.82) is 0 Å². The van der Waals surface area contributed by atoms with E-state index in [1.807, 2.05) is 20.8 Å². The van der Waals surface area contributed by atoms with Crippen molar-refractivity contribution in [1.82, 2.24) is 9.55 Å². The Labute approximate surface area is 138 Å². The molecular formula is C17H29N3O3. The molecule has 23 heavy (non-hydrogen) atoms. The molecular weight excluding hydrogens is 294 g/mol. The first kappa shape index (κ1) is 17.9. The third-order valence-electron chi connectivity index (χ3n) is 3.66. The van der Waals surface area contributed by atoms with Crippen LogP contribution in [0.1, 0.15) is 60.6 Å². The molecule has 1 aromatic rings. The summed E-state index contributed by atoms with van der Waals surface area (Å²) in [6.45, 7) is 12.6.